The molecular weight excluding hydrogens is 754 g/mol. The molecule has 1 atom stereocenters. The molecule has 308 valence electrons. The van der Waals surface area contributed by atoms with Gasteiger partial charge in [-0.1, -0.05) is 18.2 Å². The number of ether oxygens (including phenoxy) is 4. The van der Waals surface area contributed by atoms with Gasteiger partial charge in [-0.15, -0.1) is 5.10 Å². The van der Waals surface area contributed by atoms with Crippen molar-refractivity contribution < 1.29 is 45.3 Å². The zero-order valence-corrected chi connectivity index (χ0v) is 33.6. The third-order valence-electron chi connectivity index (χ3n) is 10.4. The molecule has 1 amide bonds. The minimum Gasteiger partial charge on any atom is -0.477 e. The van der Waals surface area contributed by atoms with Gasteiger partial charge in [0.15, 0.2) is 21.9 Å². The molecule has 0 bridgehead atoms. The summed E-state index contributed by atoms with van der Waals surface area (Å²) in [7, 11) is -3.17. The van der Waals surface area contributed by atoms with Gasteiger partial charge in [-0.05, 0) is 79.2 Å². The molecule has 5 heterocycles. The first-order valence-electron chi connectivity index (χ1n) is 19.4. The molecule has 13 nitrogen and oxygen atoms in total. The van der Waals surface area contributed by atoms with Crippen LogP contribution in [0.5, 0.6) is 5.88 Å². The molecule has 2 aromatic heterocycles. The number of aromatic nitrogens is 3. The van der Waals surface area contributed by atoms with Crippen LogP contribution in [0.2, 0.25) is 0 Å². The molecule has 0 spiro atoms. The van der Waals surface area contributed by atoms with Crippen molar-refractivity contribution in [3.05, 3.63) is 46.9 Å². The minimum absolute atomic E-state index is 0.0111. The molecule has 0 unspecified atom stereocenters. The summed E-state index contributed by atoms with van der Waals surface area (Å²) in [6.07, 6.45) is 2.58. The van der Waals surface area contributed by atoms with E-state index in [1.165, 1.54) is 17.0 Å². The average molecular weight is 807 g/mol. The first-order chi connectivity index (χ1) is 26.5. The van der Waals surface area contributed by atoms with Gasteiger partial charge in [-0.2, -0.15) is 10.1 Å². The number of halogens is 3. The van der Waals surface area contributed by atoms with Gasteiger partial charge in [-0.3, -0.25) is 0 Å². The maximum atomic E-state index is 16.3. The molecule has 3 aliphatic rings. The van der Waals surface area contributed by atoms with E-state index in [2.05, 4.69) is 15.5 Å². The fraction of sp³-hybridized carbons (Fsp3) is 0.641. The topological polar surface area (TPSA) is 145 Å². The number of alkyl halides is 2. The largest absolute Gasteiger partial charge is 0.477 e. The van der Waals surface area contributed by atoms with E-state index in [0.29, 0.717) is 48.0 Å². The van der Waals surface area contributed by atoms with E-state index in [0.717, 1.165) is 31.7 Å². The van der Waals surface area contributed by atoms with Crippen molar-refractivity contribution in [2.24, 2.45) is 5.92 Å². The van der Waals surface area contributed by atoms with Crippen molar-refractivity contribution in [3.63, 3.8) is 0 Å². The molecule has 0 aliphatic carbocycles. The highest BCUT2D eigenvalue weighted by Gasteiger charge is 2.46. The van der Waals surface area contributed by atoms with Crippen LogP contribution < -0.4 is 15.0 Å². The number of sulfone groups is 1. The molecule has 3 fully saturated rings. The summed E-state index contributed by atoms with van der Waals surface area (Å²) in [4.78, 5) is 20.6. The lowest BCUT2D eigenvalue weighted by Crippen LogP contribution is -2.44. The van der Waals surface area contributed by atoms with E-state index < -0.39 is 50.8 Å². The number of aryl methyl sites for hydroxylation is 1. The lowest BCUT2D eigenvalue weighted by Gasteiger charge is -2.37. The van der Waals surface area contributed by atoms with Gasteiger partial charge in [-0.25, -0.2) is 26.4 Å². The molecule has 56 heavy (non-hydrogen) atoms. The van der Waals surface area contributed by atoms with Crippen LogP contribution in [0.4, 0.5) is 29.6 Å². The van der Waals surface area contributed by atoms with Crippen LogP contribution in [-0.4, -0.2) is 104 Å². The normalized spacial score (nSPS) is 19.0. The lowest BCUT2D eigenvalue weighted by molar-refractivity contribution is -0.0885. The van der Waals surface area contributed by atoms with Crippen molar-refractivity contribution in [1.29, 1.82) is 0 Å². The number of benzene rings is 1. The number of amides is 1. The molecule has 3 aromatic rings. The van der Waals surface area contributed by atoms with Gasteiger partial charge in [0.05, 0.1) is 54.0 Å². The summed E-state index contributed by atoms with van der Waals surface area (Å²) in [6.45, 7) is 10.9. The summed E-state index contributed by atoms with van der Waals surface area (Å²) < 4.78 is 95.6. The van der Waals surface area contributed by atoms with E-state index in [1.54, 1.807) is 40.7 Å². The van der Waals surface area contributed by atoms with Crippen molar-refractivity contribution in [2.75, 3.05) is 67.7 Å². The fourth-order valence-corrected chi connectivity index (χ4v) is 8.52. The Morgan fingerprint density at radius 3 is 2.41 bits per heavy atom. The van der Waals surface area contributed by atoms with Gasteiger partial charge in [0.2, 0.25) is 5.88 Å². The number of carbonyl (C=O) groups is 1. The number of rotatable bonds is 13. The Kier molecular flexibility index (Phi) is 12.8. The van der Waals surface area contributed by atoms with Crippen LogP contribution in [0.3, 0.4) is 0 Å². The maximum Gasteiger partial charge on any atom is 0.410 e. The summed E-state index contributed by atoms with van der Waals surface area (Å²) in [5, 5.41) is 13.1. The molecule has 3 saturated heterocycles. The van der Waals surface area contributed by atoms with Crippen molar-refractivity contribution in [3.8, 4) is 5.88 Å². The third-order valence-corrected chi connectivity index (χ3v) is 12.0. The first-order valence-corrected chi connectivity index (χ1v) is 21.2. The maximum absolute atomic E-state index is 16.3. The Morgan fingerprint density at radius 2 is 1.73 bits per heavy atom. The van der Waals surface area contributed by atoms with E-state index in [-0.39, 0.29) is 68.2 Å². The van der Waals surface area contributed by atoms with E-state index in [9.17, 15) is 13.2 Å². The molecule has 3 aliphatic heterocycles. The Labute approximate surface area is 326 Å². The van der Waals surface area contributed by atoms with Crippen molar-refractivity contribution >= 4 is 38.3 Å². The highest BCUT2D eigenvalue weighted by atomic mass is 32.2. The summed E-state index contributed by atoms with van der Waals surface area (Å²) in [5.41, 5.74) is -0.860. The molecule has 1 N–H and O–H groups in total. The SMILES string of the molecule is Cc1nnc(N[C@H](C)c2cccc(C(F)(F)C3CCN(C(=O)OC(C)(C)C)CC3)c2F)c2cc(N3CCS(=O)(=O)CC3)nc(OCCCCCC3OCCO3)c12. The summed E-state index contributed by atoms with van der Waals surface area (Å²) in [5.74, 6) is -4.67. The van der Waals surface area contributed by atoms with E-state index in [1.807, 2.05) is 4.90 Å². The van der Waals surface area contributed by atoms with E-state index >= 15 is 13.2 Å². The van der Waals surface area contributed by atoms with Crippen molar-refractivity contribution in [1.82, 2.24) is 20.1 Å². The Hall–Kier alpha value is -3.96. The lowest BCUT2D eigenvalue weighted by atomic mass is 9.85. The molecule has 17 heteroatoms. The summed E-state index contributed by atoms with van der Waals surface area (Å²) in [6, 6.07) is 4.95. The van der Waals surface area contributed by atoms with Gasteiger partial charge in [0.1, 0.15) is 17.2 Å². The Balaban J connectivity index is 1.22. The van der Waals surface area contributed by atoms with Gasteiger partial charge < -0.3 is 34.1 Å². The minimum atomic E-state index is -3.50. The number of unbranched alkanes of at least 4 members (excludes halogenated alkanes) is 2. The highest BCUT2D eigenvalue weighted by Crippen LogP contribution is 2.44. The Morgan fingerprint density at radius 1 is 1.04 bits per heavy atom. The number of fused-ring (bicyclic) bond motifs is 1. The number of nitrogens with zero attached hydrogens (tertiary/aromatic N) is 5. The van der Waals surface area contributed by atoms with Crippen LogP contribution in [0.1, 0.15) is 89.1 Å². The number of hydrogen-bond acceptors (Lipinski definition) is 12. The molecule has 0 radical (unpaired) electrons. The molecule has 0 saturated carbocycles. The van der Waals surface area contributed by atoms with E-state index in [4.69, 9.17) is 23.9 Å². The monoisotopic (exact) mass is 806 g/mol. The summed E-state index contributed by atoms with van der Waals surface area (Å²) >= 11 is 0. The number of piperidine rings is 1. The van der Waals surface area contributed by atoms with Crippen LogP contribution in [0.15, 0.2) is 24.3 Å². The van der Waals surface area contributed by atoms with Crippen LogP contribution in [-0.2, 0) is 30.0 Å². The molecular formula is C39H53F3N6O7S. The second kappa shape index (κ2) is 17.3. The predicted octanol–water partition coefficient (Wildman–Crippen LogP) is 6.93. The zero-order valence-electron chi connectivity index (χ0n) is 32.8. The number of nitrogens with one attached hydrogen (secondary N) is 1. The molecule has 1 aromatic carbocycles. The smallest absolute Gasteiger partial charge is 0.410 e. The first kappa shape index (κ1) is 41.7. The number of anilines is 2. The number of hydrogen-bond donors (Lipinski definition) is 1. The standard InChI is InChI=1S/C39H53F3N6O7S/c1-25(28-10-9-11-30(34(28)40)39(41,42)27-13-15-48(16-14-27)37(49)55-38(3,4)5)43-35-29-24-31(47-17-22-56(50,51)23-18-47)44-36(33(29)26(2)45-46-35)54-19-8-6-7-12-32-52-20-21-53-32/h9-11,24-25,27,32H,6-8,12-23H2,1-5H3,(H,43,46)/t25-/m1/s1. The average Bonchev–Trinajstić information content (AvgIpc) is 3.67. The highest BCUT2D eigenvalue weighted by molar-refractivity contribution is 7.91. The quantitative estimate of drug-likeness (QED) is 0.179. The number of likely N-dealkylation sites (tertiary alicyclic amines) is 1. The fourth-order valence-electron chi connectivity index (χ4n) is 7.32. The second-order valence-electron chi connectivity index (χ2n) is 15.8. The van der Waals surface area contributed by atoms with Crippen LogP contribution >= 0.6 is 0 Å². The van der Waals surface area contributed by atoms with Crippen LogP contribution in [0.25, 0.3) is 10.8 Å². The van der Waals surface area contributed by atoms with Gasteiger partial charge in [0.25, 0.3) is 5.92 Å². The van der Waals surface area contributed by atoms with Gasteiger partial charge in [0, 0.05) is 43.0 Å². The van der Waals surface area contributed by atoms with Crippen LogP contribution in [0, 0.1) is 18.7 Å². The Bertz CT molecular complexity index is 1950. The second-order valence-corrected chi connectivity index (χ2v) is 18.1. The number of carbonyl (C=O) groups excluding carboxylic acids is 1. The number of pyridine rings is 1. The third kappa shape index (κ3) is 9.94. The predicted molar refractivity (Wildman–Crippen MR) is 205 cm³/mol. The van der Waals surface area contributed by atoms with Crippen molar-refractivity contribution in [2.45, 2.75) is 97.0 Å². The zero-order chi connectivity index (χ0) is 40.3. The van der Waals surface area contributed by atoms with Gasteiger partial charge >= 0.3 is 6.09 Å². The molecule has 6 rings (SSSR count).